The Morgan fingerprint density at radius 2 is 2.21 bits per heavy atom. The SMILES string of the molecule is Cc1cc2sc3c(c2s1)C(C)CC=C3. The van der Waals surface area contributed by atoms with E-state index >= 15 is 0 Å². The van der Waals surface area contributed by atoms with Gasteiger partial charge in [0.15, 0.2) is 0 Å². The third-order valence-corrected chi connectivity index (χ3v) is 5.13. The molecule has 0 N–H and O–H groups in total. The lowest BCUT2D eigenvalue weighted by Gasteiger charge is -2.13. The van der Waals surface area contributed by atoms with Gasteiger partial charge in [0.2, 0.25) is 0 Å². The lowest BCUT2D eigenvalue weighted by molar-refractivity contribution is 0.784. The van der Waals surface area contributed by atoms with Gasteiger partial charge in [0, 0.05) is 19.2 Å². The van der Waals surface area contributed by atoms with Crippen molar-refractivity contribution in [2.75, 3.05) is 0 Å². The van der Waals surface area contributed by atoms with Gasteiger partial charge in [0.25, 0.3) is 0 Å². The Morgan fingerprint density at radius 3 is 3.07 bits per heavy atom. The first-order chi connectivity index (χ1) is 6.75. The minimum atomic E-state index is 0.710. The van der Waals surface area contributed by atoms with E-state index in [9.17, 15) is 0 Å². The van der Waals surface area contributed by atoms with Gasteiger partial charge >= 0.3 is 0 Å². The molecule has 1 aliphatic carbocycles. The number of thiophene rings is 2. The molecule has 1 aliphatic rings. The van der Waals surface area contributed by atoms with E-state index in [0.717, 1.165) is 0 Å². The van der Waals surface area contributed by atoms with Gasteiger partial charge in [-0.05, 0) is 37.0 Å². The van der Waals surface area contributed by atoms with Crippen molar-refractivity contribution in [3.63, 3.8) is 0 Å². The van der Waals surface area contributed by atoms with Crippen molar-refractivity contribution in [2.24, 2.45) is 0 Å². The Bertz CT molecular complexity index is 514. The largest absolute Gasteiger partial charge is 0.139 e. The highest BCUT2D eigenvalue weighted by Gasteiger charge is 2.19. The predicted molar refractivity (Wildman–Crippen MR) is 66.5 cm³/mol. The van der Waals surface area contributed by atoms with Crippen LogP contribution in [0.2, 0.25) is 0 Å². The standard InChI is InChI=1S/C12H12S2/c1-7-4-3-5-9-11(7)12-10(14-9)6-8(2)13-12/h3,5-7H,4H2,1-2H3. The zero-order valence-electron chi connectivity index (χ0n) is 8.33. The number of allylic oxidation sites excluding steroid dienone is 1. The summed E-state index contributed by atoms with van der Waals surface area (Å²) < 4.78 is 3.02. The van der Waals surface area contributed by atoms with Crippen LogP contribution < -0.4 is 0 Å². The second kappa shape index (κ2) is 2.94. The fraction of sp³-hybridized carbons (Fsp3) is 0.333. The first-order valence-corrected chi connectivity index (χ1v) is 6.58. The van der Waals surface area contributed by atoms with Crippen molar-refractivity contribution in [2.45, 2.75) is 26.2 Å². The van der Waals surface area contributed by atoms with Crippen molar-refractivity contribution < 1.29 is 0 Å². The molecule has 2 aromatic rings. The van der Waals surface area contributed by atoms with E-state index in [-0.39, 0.29) is 0 Å². The van der Waals surface area contributed by atoms with E-state index in [1.807, 2.05) is 22.7 Å². The summed E-state index contributed by atoms with van der Waals surface area (Å²) in [5.74, 6) is 0.710. The molecule has 0 fully saturated rings. The minimum Gasteiger partial charge on any atom is -0.139 e. The monoisotopic (exact) mass is 220 g/mol. The third kappa shape index (κ3) is 1.11. The van der Waals surface area contributed by atoms with E-state index in [2.05, 4.69) is 32.1 Å². The second-order valence-corrected chi connectivity index (χ2v) is 6.31. The molecule has 0 radical (unpaired) electrons. The van der Waals surface area contributed by atoms with Gasteiger partial charge in [-0.3, -0.25) is 0 Å². The molecule has 0 amide bonds. The van der Waals surface area contributed by atoms with Crippen LogP contribution in [0.1, 0.15) is 34.6 Å². The molecule has 14 heavy (non-hydrogen) atoms. The molecule has 0 aromatic carbocycles. The molecule has 3 rings (SSSR count). The van der Waals surface area contributed by atoms with Crippen molar-refractivity contribution >= 4 is 38.1 Å². The molecule has 0 spiro atoms. The normalized spacial score (nSPS) is 20.3. The number of fused-ring (bicyclic) bond motifs is 3. The molecule has 2 heteroatoms. The van der Waals surface area contributed by atoms with Crippen LogP contribution in [-0.4, -0.2) is 0 Å². The smallest absolute Gasteiger partial charge is 0.0494 e. The Morgan fingerprint density at radius 1 is 1.36 bits per heavy atom. The van der Waals surface area contributed by atoms with Crippen LogP contribution in [0.4, 0.5) is 0 Å². The number of hydrogen-bond acceptors (Lipinski definition) is 2. The number of hydrogen-bond donors (Lipinski definition) is 0. The van der Waals surface area contributed by atoms with Gasteiger partial charge in [-0.25, -0.2) is 0 Å². The van der Waals surface area contributed by atoms with Crippen LogP contribution >= 0.6 is 22.7 Å². The van der Waals surface area contributed by atoms with Crippen LogP contribution in [0.15, 0.2) is 12.1 Å². The van der Waals surface area contributed by atoms with E-state index in [0.29, 0.717) is 5.92 Å². The van der Waals surface area contributed by atoms with Crippen LogP contribution in [0.25, 0.3) is 15.5 Å². The highest BCUT2D eigenvalue weighted by molar-refractivity contribution is 7.28. The Hall–Kier alpha value is -0.600. The maximum absolute atomic E-state index is 2.34. The van der Waals surface area contributed by atoms with Gasteiger partial charge in [0.1, 0.15) is 0 Å². The molecular weight excluding hydrogens is 208 g/mol. The van der Waals surface area contributed by atoms with Gasteiger partial charge in [0.05, 0.1) is 0 Å². The van der Waals surface area contributed by atoms with Gasteiger partial charge in [-0.1, -0.05) is 13.0 Å². The van der Waals surface area contributed by atoms with Crippen molar-refractivity contribution in [3.05, 3.63) is 27.5 Å². The molecule has 2 heterocycles. The van der Waals surface area contributed by atoms with E-state index < -0.39 is 0 Å². The second-order valence-electron chi connectivity index (χ2n) is 3.97. The zero-order valence-corrected chi connectivity index (χ0v) is 9.97. The predicted octanol–water partition coefficient (Wildman–Crippen LogP) is 4.79. The maximum atomic E-state index is 2.34. The number of aryl methyl sites for hydroxylation is 1. The number of rotatable bonds is 0. The van der Waals surface area contributed by atoms with Gasteiger partial charge in [-0.15, -0.1) is 22.7 Å². The molecule has 0 saturated carbocycles. The highest BCUT2D eigenvalue weighted by atomic mass is 32.1. The fourth-order valence-electron chi connectivity index (χ4n) is 2.13. The highest BCUT2D eigenvalue weighted by Crippen LogP contribution is 2.44. The summed E-state index contributed by atoms with van der Waals surface area (Å²) >= 11 is 3.90. The van der Waals surface area contributed by atoms with Crippen LogP contribution in [0, 0.1) is 6.92 Å². The van der Waals surface area contributed by atoms with Crippen molar-refractivity contribution in [1.29, 1.82) is 0 Å². The minimum absolute atomic E-state index is 0.710. The molecule has 2 aromatic heterocycles. The first-order valence-electron chi connectivity index (χ1n) is 4.95. The molecule has 1 atom stereocenters. The summed E-state index contributed by atoms with van der Waals surface area (Å²) in [6.45, 7) is 4.54. The average Bonchev–Trinajstić information content (AvgIpc) is 2.60. The Labute approximate surface area is 91.9 Å². The summed E-state index contributed by atoms with van der Waals surface area (Å²) in [5, 5.41) is 0. The summed E-state index contributed by atoms with van der Waals surface area (Å²) in [4.78, 5) is 2.93. The summed E-state index contributed by atoms with van der Waals surface area (Å²) in [6.07, 6.45) is 5.80. The molecule has 0 nitrogen and oxygen atoms in total. The molecule has 0 saturated heterocycles. The average molecular weight is 220 g/mol. The molecule has 1 unspecified atom stereocenters. The summed E-state index contributed by atoms with van der Waals surface area (Å²) in [5.41, 5.74) is 1.60. The first kappa shape index (κ1) is 8.69. The Balaban J connectivity index is 2.37. The van der Waals surface area contributed by atoms with E-state index in [1.54, 1.807) is 10.3 Å². The molecule has 72 valence electrons. The Kier molecular flexibility index (Phi) is 1.83. The molecular formula is C12H12S2. The zero-order chi connectivity index (χ0) is 9.71. The van der Waals surface area contributed by atoms with Crippen molar-refractivity contribution in [1.82, 2.24) is 0 Å². The quantitative estimate of drug-likeness (QED) is 0.598. The summed E-state index contributed by atoms with van der Waals surface area (Å²) in [6, 6.07) is 2.32. The van der Waals surface area contributed by atoms with Gasteiger partial charge < -0.3 is 0 Å². The van der Waals surface area contributed by atoms with Crippen molar-refractivity contribution in [3.8, 4) is 0 Å². The lowest BCUT2D eigenvalue weighted by Crippen LogP contribution is -1.95. The van der Waals surface area contributed by atoms with Crippen LogP contribution in [-0.2, 0) is 0 Å². The molecule has 0 aliphatic heterocycles. The third-order valence-electron chi connectivity index (χ3n) is 2.80. The van der Waals surface area contributed by atoms with E-state index in [4.69, 9.17) is 0 Å². The van der Waals surface area contributed by atoms with Crippen LogP contribution in [0.5, 0.6) is 0 Å². The van der Waals surface area contributed by atoms with E-state index in [1.165, 1.54) is 20.9 Å². The fourth-order valence-corrected chi connectivity index (χ4v) is 4.85. The lowest BCUT2D eigenvalue weighted by atomic mass is 9.94. The molecule has 0 bridgehead atoms. The van der Waals surface area contributed by atoms with Gasteiger partial charge in [-0.2, -0.15) is 0 Å². The topological polar surface area (TPSA) is 0 Å². The van der Waals surface area contributed by atoms with Crippen LogP contribution in [0.3, 0.4) is 0 Å². The summed E-state index contributed by atoms with van der Waals surface area (Å²) in [7, 11) is 0. The maximum Gasteiger partial charge on any atom is 0.0494 e.